The Balaban J connectivity index is 2.05. The van der Waals surface area contributed by atoms with Crippen molar-refractivity contribution in [3.05, 3.63) is 42.6 Å². The van der Waals surface area contributed by atoms with Gasteiger partial charge in [0.2, 0.25) is 0 Å². The van der Waals surface area contributed by atoms with Gasteiger partial charge in [0, 0.05) is 30.4 Å². The van der Waals surface area contributed by atoms with Crippen LogP contribution in [0.3, 0.4) is 0 Å². The first-order valence-corrected chi connectivity index (χ1v) is 7.20. The number of rotatable bonds is 4. The van der Waals surface area contributed by atoms with Crippen LogP contribution >= 0.6 is 0 Å². The minimum atomic E-state index is -0.216. The van der Waals surface area contributed by atoms with Gasteiger partial charge in [0.05, 0.1) is 0 Å². The Bertz CT molecular complexity index is 677. The molecule has 1 amide bonds. The van der Waals surface area contributed by atoms with Crippen molar-refractivity contribution in [3.8, 4) is 0 Å². The summed E-state index contributed by atoms with van der Waals surface area (Å²) in [7, 11) is 0. The van der Waals surface area contributed by atoms with E-state index in [1.807, 2.05) is 24.3 Å². The van der Waals surface area contributed by atoms with Crippen LogP contribution in [0.1, 0.15) is 23.3 Å². The van der Waals surface area contributed by atoms with Gasteiger partial charge in [0.1, 0.15) is 0 Å². The zero-order valence-corrected chi connectivity index (χ0v) is 11.9. The number of carbonyl (C=O) groups excluding carboxylic acids is 1. The Kier molecular flexibility index (Phi) is 3.81. The van der Waals surface area contributed by atoms with Crippen molar-refractivity contribution in [3.63, 3.8) is 0 Å². The summed E-state index contributed by atoms with van der Waals surface area (Å²) < 4.78 is 0. The van der Waals surface area contributed by atoms with Crippen LogP contribution in [-0.2, 0) is 0 Å². The first-order chi connectivity index (χ1) is 10.3. The molecule has 1 aromatic carbocycles. The third kappa shape index (κ3) is 2.59. The van der Waals surface area contributed by atoms with Crippen LogP contribution in [0.15, 0.2) is 36.9 Å². The van der Waals surface area contributed by atoms with Crippen molar-refractivity contribution in [2.45, 2.75) is 12.8 Å². The highest BCUT2D eigenvalue weighted by Crippen LogP contribution is 2.28. The van der Waals surface area contributed by atoms with Crippen molar-refractivity contribution in [1.82, 2.24) is 15.5 Å². The highest BCUT2D eigenvalue weighted by atomic mass is 16.1. The molecule has 1 aliphatic rings. The maximum atomic E-state index is 12.2. The highest BCUT2D eigenvalue weighted by molar-refractivity contribution is 6.07. The first kappa shape index (κ1) is 13.5. The van der Waals surface area contributed by atoms with Crippen molar-refractivity contribution in [2.75, 3.05) is 24.5 Å². The van der Waals surface area contributed by atoms with E-state index in [-0.39, 0.29) is 5.91 Å². The highest BCUT2D eigenvalue weighted by Gasteiger charge is 2.20. The zero-order chi connectivity index (χ0) is 14.7. The van der Waals surface area contributed by atoms with Gasteiger partial charge in [-0.05, 0) is 12.8 Å². The zero-order valence-electron chi connectivity index (χ0n) is 11.9. The van der Waals surface area contributed by atoms with Crippen LogP contribution in [-0.4, -0.2) is 35.7 Å². The molecule has 0 bridgehead atoms. The van der Waals surface area contributed by atoms with E-state index in [1.54, 1.807) is 6.08 Å². The normalized spacial score (nSPS) is 14.4. The van der Waals surface area contributed by atoms with E-state index in [0.29, 0.717) is 12.2 Å². The van der Waals surface area contributed by atoms with Gasteiger partial charge in [-0.3, -0.25) is 4.79 Å². The molecule has 1 aromatic heterocycles. The lowest BCUT2D eigenvalue weighted by molar-refractivity contribution is 0.0954. The van der Waals surface area contributed by atoms with Crippen molar-refractivity contribution in [1.29, 1.82) is 0 Å². The maximum Gasteiger partial charge on any atom is 0.272 e. The lowest BCUT2D eigenvalue weighted by atomic mass is 10.1. The van der Waals surface area contributed by atoms with Crippen LogP contribution in [0.5, 0.6) is 0 Å². The van der Waals surface area contributed by atoms with Crippen LogP contribution in [0.2, 0.25) is 0 Å². The molecule has 0 unspecified atom stereocenters. The van der Waals surface area contributed by atoms with Gasteiger partial charge in [0.25, 0.3) is 5.91 Å². The van der Waals surface area contributed by atoms with Crippen LogP contribution in [0.4, 0.5) is 5.82 Å². The van der Waals surface area contributed by atoms with Crippen LogP contribution in [0, 0.1) is 0 Å². The average Bonchev–Trinajstić information content (AvgIpc) is 3.05. The largest absolute Gasteiger partial charge is 0.355 e. The molecule has 21 heavy (non-hydrogen) atoms. The SMILES string of the molecule is C=CCNC(=O)c1nnc(N2CCCC2)c2ccccc12. The molecule has 2 heterocycles. The van der Waals surface area contributed by atoms with Gasteiger partial charge in [-0.1, -0.05) is 30.3 Å². The molecule has 5 nitrogen and oxygen atoms in total. The standard InChI is InChI=1S/C16H18N4O/c1-2-9-17-16(21)14-12-7-3-4-8-13(12)15(19-18-14)20-10-5-6-11-20/h2-4,7-8H,1,5-6,9-11H2,(H,17,21). The van der Waals surface area contributed by atoms with Gasteiger partial charge in [0.15, 0.2) is 11.5 Å². The number of benzene rings is 1. The summed E-state index contributed by atoms with van der Waals surface area (Å²) in [5.41, 5.74) is 0.371. The van der Waals surface area contributed by atoms with E-state index in [1.165, 1.54) is 12.8 Å². The molecule has 0 radical (unpaired) electrons. The Morgan fingerprint density at radius 1 is 1.24 bits per heavy atom. The van der Waals surface area contributed by atoms with Gasteiger partial charge in [-0.15, -0.1) is 16.8 Å². The number of hydrogen-bond acceptors (Lipinski definition) is 4. The summed E-state index contributed by atoms with van der Waals surface area (Å²) in [5.74, 6) is 0.662. The molecule has 1 aliphatic heterocycles. The second kappa shape index (κ2) is 5.91. The predicted molar refractivity (Wildman–Crippen MR) is 83.5 cm³/mol. The third-order valence-electron chi connectivity index (χ3n) is 3.70. The Morgan fingerprint density at radius 3 is 2.67 bits per heavy atom. The molecule has 0 saturated carbocycles. The van der Waals surface area contributed by atoms with Gasteiger partial charge in [-0.2, -0.15) is 0 Å². The third-order valence-corrected chi connectivity index (χ3v) is 3.70. The van der Waals surface area contributed by atoms with E-state index < -0.39 is 0 Å². The van der Waals surface area contributed by atoms with Gasteiger partial charge in [-0.25, -0.2) is 0 Å². The van der Waals surface area contributed by atoms with E-state index in [2.05, 4.69) is 27.0 Å². The summed E-state index contributed by atoms with van der Waals surface area (Å²) in [5, 5.41) is 13.1. The summed E-state index contributed by atoms with van der Waals surface area (Å²) in [6.45, 7) is 6.02. The molecule has 1 N–H and O–H groups in total. The number of hydrogen-bond donors (Lipinski definition) is 1. The lowest BCUT2D eigenvalue weighted by Crippen LogP contribution is -2.26. The molecule has 1 saturated heterocycles. The fourth-order valence-corrected chi connectivity index (χ4v) is 2.67. The maximum absolute atomic E-state index is 12.2. The van der Waals surface area contributed by atoms with E-state index in [4.69, 9.17) is 0 Å². The fourth-order valence-electron chi connectivity index (χ4n) is 2.67. The summed E-state index contributed by atoms with van der Waals surface area (Å²) in [6.07, 6.45) is 4.00. The molecule has 5 heteroatoms. The quantitative estimate of drug-likeness (QED) is 0.873. The molecule has 2 aromatic rings. The summed E-state index contributed by atoms with van der Waals surface area (Å²) >= 11 is 0. The Labute approximate surface area is 123 Å². The molecular formula is C16H18N4O. The fraction of sp³-hybridized carbons (Fsp3) is 0.312. The van der Waals surface area contributed by atoms with Crippen molar-refractivity contribution in [2.24, 2.45) is 0 Å². The predicted octanol–water partition coefficient (Wildman–Crippen LogP) is 2.15. The van der Waals surface area contributed by atoms with Gasteiger partial charge < -0.3 is 10.2 Å². The van der Waals surface area contributed by atoms with Crippen LogP contribution < -0.4 is 10.2 Å². The summed E-state index contributed by atoms with van der Waals surface area (Å²) in [4.78, 5) is 14.4. The molecule has 108 valence electrons. The number of nitrogens with zero attached hydrogens (tertiary/aromatic N) is 3. The van der Waals surface area contributed by atoms with E-state index in [9.17, 15) is 4.79 Å². The number of carbonyl (C=O) groups is 1. The minimum absolute atomic E-state index is 0.216. The average molecular weight is 282 g/mol. The Morgan fingerprint density at radius 2 is 1.95 bits per heavy atom. The molecule has 0 atom stereocenters. The first-order valence-electron chi connectivity index (χ1n) is 7.20. The molecule has 0 spiro atoms. The second-order valence-electron chi connectivity index (χ2n) is 5.11. The number of amides is 1. The molecule has 3 rings (SSSR count). The van der Waals surface area contributed by atoms with Gasteiger partial charge >= 0.3 is 0 Å². The summed E-state index contributed by atoms with van der Waals surface area (Å²) in [6, 6.07) is 7.81. The monoisotopic (exact) mass is 282 g/mol. The lowest BCUT2D eigenvalue weighted by Gasteiger charge is -2.18. The number of fused-ring (bicyclic) bond motifs is 1. The number of anilines is 1. The molecule has 1 fully saturated rings. The number of aromatic nitrogens is 2. The van der Waals surface area contributed by atoms with Crippen molar-refractivity contribution < 1.29 is 4.79 Å². The Hall–Kier alpha value is -2.43. The van der Waals surface area contributed by atoms with Crippen molar-refractivity contribution >= 4 is 22.5 Å². The smallest absolute Gasteiger partial charge is 0.272 e. The van der Waals surface area contributed by atoms with E-state index in [0.717, 1.165) is 29.7 Å². The number of nitrogens with one attached hydrogen (secondary N) is 1. The van der Waals surface area contributed by atoms with Crippen LogP contribution in [0.25, 0.3) is 10.8 Å². The molecule has 0 aliphatic carbocycles. The second-order valence-corrected chi connectivity index (χ2v) is 5.11. The minimum Gasteiger partial charge on any atom is -0.355 e. The molecular weight excluding hydrogens is 264 g/mol. The van der Waals surface area contributed by atoms with E-state index >= 15 is 0 Å². The topological polar surface area (TPSA) is 58.1 Å².